The lowest BCUT2D eigenvalue weighted by Gasteiger charge is -2.15. The van der Waals surface area contributed by atoms with Crippen molar-refractivity contribution in [2.45, 2.75) is 6.54 Å². The Labute approximate surface area is 131 Å². The second-order valence-electron chi connectivity index (χ2n) is 4.55. The monoisotopic (exact) mass is 319 g/mol. The van der Waals surface area contributed by atoms with Crippen molar-refractivity contribution >= 4 is 23.5 Å². The average molecular weight is 319 g/mol. The third kappa shape index (κ3) is 4.01. The number of hydroxylamine groups is 1. The lowest BCUT2D eigenvalue weighted by molar-refractivity contribution is -0.384. The van der Waals surface area contributed by atoms with Gasteiger partial charge >= 0.3 is 0 Å². The van der Waals surface area contributed by atoms with Crippen LogP contribution in [-0.2, 0) is 16.2 Å². The number of carbonyl (C=O) groups excluding carboxylic acids is 1. The Morgan fingerprint density at radius 1 is 1.30 bits per heavy atom. The SMILES string of the molecule is CON(C=O)c1ccc(NCc2ccc(F)cc2)cc1[N+](=O)[O-]. The highest BCUT2D eigenvalue weighted by atomic mass is 19.1. The summed E-state index contributed by atoms with van der Waals surface area (Å²) in [4.78, 5) is 26.2. The van der Waals surface area contributed by atoms with E-state index in [0.717, 1.165) is 10.6 Å². The summed E-state index contributed by atoms with van der Waals surface area (Å²) in [6.45, 7) is 0.373. The van der Waals surface area contributed by atoms with Gasteiger partial charge in [-0.2, -0.15) is 5.06 Å². The molecule has 2 aromatic rings. The number of nitrogens with zero attached hydrogens (tertiary/aromatic N) is 2. The van der Waals surface area contributed by atoms with Gasteiger partial charge in [-0.3, -0.25) is 19.7 Å². The number of rotatable bonds is 7. The number of hydrogen-bond acceptors (Lipinski definition) is 5. The quantitative estimate of drug-likeness (QED) is 0.482. The van der Waals surface area contributed by atoms with E-state index in [1.54, 1.807) is 18.2 Å². The van der Waals surface area contributed by atoms with Gasteiger partial charge in [0.2, 0.25) is 6.41 Å². The predicted octanol–water partition coefficient (Wildman–Crippen LogP) is 2.87. The molecule has 0 radical (unpaired) electrons. The molecule has 0 fully saturated rings. The highest BCUT2D eigenvalue weighted by Crippen LogP contribution is 2.30. The number of nitrogens with one attached hydrogen (secondary N) is 1. The van der Waals surface area contributed by atoms with Crippen molar-refractivity contribution in [3.63, 3.8) is 0 Å². The molecule has 0 aromatic heterocycles. The number of nitro benzene ring substituents is 1. The van der Waals surface area contributed by atoms with E-state index < -0.39 is 4.92 Å². The van der Waals surface area contributed by atoms with Crippen LogP contribution < -0.4 is 10.4 Å². The Morgan fingerprint density at radius 3 is 2.57 bits per heavy atom. The maximum Gasteiger partial charge on any atom is 0.297 e. The average Bonchev–Trinajstić information content (AvgIpc) is 2.56. The van der Waals surface area contributed by atoms with E-state index in [9.17, 15) is 19.3 Å². The molecule has 23 heavy (non-hydrogen) atoms. The summed E-state index contributed by atoms with van der Waals surface area (Å²) in [5, 5.41) is 14.9. The van der Waals surface area contributed by atoms with E-state index in [0.29, 0.717) is 18.6 Å². The van der Waals surface area contributed by atoms with Crippen LogP contribution in [0.3, 0.4) is 0 Å². The minimum atomic E-state index is -0.603. The predicted molar refractivity (Wildman–Crippen MR) is 82.4 cm³/mol. The van der Waals surface area contributed by atoms with Gasteiger partial charge in [-0.25, -0.2) is 4.39 Å². The van der Waals surface area contributed by atoms with E-state index in [2.05, 4.69) is 5.32 Å². The number of benzene rings is 2. The first kappa shape index (κ1) is 16.4. The standard InChI is InChI=1S/C15H14FN3O4/c1-23-18(10-20)14-7-6-13(8-15(14)19(21)22)17-9-11-2-4-12(16)5-3-11/h2-8,10,17H,9H2,1H3. The van der Waals surface area contributed by atoms with Crippen LogP contribution in [-0.4, -0.2) is 18.4 Å². The molecule has 120 valence electrons. The Hall–Kier alpha value is -3.00. The Bertz CT molecular complexity index is 706. The molecule has 7 nitrogen and oxygen atoms in total. The van der Waals surface area contributed by atoms with E-state index in [4.69, 9.17) is 4.84 Å². The van der Waals surface area contributed by atoms with Crippen LogP contribution in [0.2, 0.25) is 0 Å². The van der Waals surface area contributed by atoms with Crippen LogP contribution in [0.5, 0.6) is 0 Å². The molecule has 0 heterocycles. The van der Waals surface area contributed by atoms with Gasteiger partial charge in [0.05, 0.1) is 12.0 Å². The normalized spacial score (nSPS) is 10.2. The third-order valence-corrected chi connectivity index (χ3v) is 3.11. The van der Waals surface area contributed by atoms with Crippen molar-refractivity contribution in [3.8, 4) is 0 Å². The van der Waals surface area contributed by atoms with Gasteiger partial charge in [-0.05, 0) is 29.8 Å². The fourth-order valence-electron chi connectivity index (χ4n) is 1.97. The molecular formula is C15H14FN3O4. The van der Waals surface area contributed by atoms with Gasteiger partial charge in [0.1, 0.15) is 5.82 Å². The summed E-state index contributed by atoms with van der Waals surface area (Å²) in [7, 11) is 1.23. The summed E-state index contributed by atoms with van der Waals surface area (Å²) >= 11 is 0. The molecule has 0 saturated carbocycles. The van der Waals surface area contributed by atoms with Gasteiger partial charge in [0.15, 0.2) is 5.69 Å². The maximum atomic E-state index is 12.8. The molecule has 2 rings (SSSR count). The van der Waals surface area contributed by atoms with E-state index >= 15 is 0 Å². The van der Waals surface area contributed by atoms with Crippen molar-refractivity contribution < 1.29 is 18.9 Å². The van der Waals surface area contributed by atoms with Crippen molar-refractivity contribution in [1.82, 2.24) is 0 Å². The molecule has 0 aliphatic carbocycles. The molecule has 1 amide bonds. The molecule has 0 aliphatic rings. The largest absolute Gasteiger partial charge is 0.381 e. The Morgan fingerprint density at radius 2 is 2.00 bits per heavy atom. The molecule has 0 atom stereocenters. The van der Waals surface area contributed by atoms with Crippen LogP contribution in [0.15, 0.2) is 42.5 Å². The molecule has 0 spiro atoms. The van der Waals surface area contributed by atoms with Crippen LogP contribution in [0, 0.1) is 15.9 Å². The maximum absolute atomic E-state index is 12.8. The van der Waals surface area contributed by atoms with Crippen LogP contribution in [0.25, 0.3) is 0 Å². The molecule has 0 saturated heterocycles. The smallest absolute Gasteiger partial charge is 0.297 e. The van der Waals surface area contributed by atoms with Crippen LogP contribution in [0.4, 0.5) is 21.5 Å². The second kappa shape index (κ2) is 7.32. The van der Waals surface area contributed by atoms with Gasteiger partial charge in [-0.15, -0.1) is 0 Å². The minimum Gasteiger partial charge on any atom is -0.381 e. The van der Waals surface area contributed by atoms with Crippen molar-refractivity contribution in [3.05, 3.63) is 64.0 Å². The van der Waals surface area contributed by atoms with E-state index in [1.165, 1.54) is 31.4 Å². The van der Waals surface area contributed by atoms with Crippen LogP contribution >= 0.6 is 0 Å². The molecule has 0 bridgehead atoms. The number of halogens is 1. The number of amides is 1. The fourth-order valence-corrected chi connectivity index (χ4v) is 1.97. The summed E-state index contributed by atoms with van der Waals surface area (Å²) in [5.74, 6) is -0.331. The zero-order valence-corrected chi connectivity index (χ0v) is 12.2. The zero-order valence-electron chi connectivity index (χ0n) is 12.2. The Balaban J connectivity index is 2.20. The molecule has 1 N–H and O–H groups in total. The third-order valence-electron chi connectivity index (χ3n) is 3.11. The molecular weight excluding hydrogens is 305 g/mol. The number of hydrogen-bond donors (Lipinski definition) is 1. The van der Waals surface area contributed by atoms with Gasteiger partial charge in [0, 0.05) is 18.3 Å². The number of anilines is 2. The number of carbonyl (C=O) groups is 1. The molecule has 8 heteroatoms. The summed E-state index contributed by atoms with van der Waals surface area (Å²) < 4.78 is 12.8. The first-order valence-corrected chi connectivity index (χ1v) is 6.60. The molecule has 0 aliphatic heterocycles. The first-order valence-electron chi connectivity index (χ1n) is 6.60. The van der Waals surface area contributed by atoms with Crippen molar-refractivity contribution in [1.29, 1.82) is 0 Å². The van der Waals surface area contributed by atoms with Crippen LogP contribution in [0.1, 0.15) is 5.56 Å². The van der Waals surface area contributed by atoms with Gasteiger partial charge in [0.25, 0.3) is 5.69 Å². The molecule has 0 unspecified atom stereocenters. The first-order chi connectivity index (χ1) is 11.0. The second-order valence-corrected chi connectivity index (χ2v) is 4.55. The summed E-state index contributed by atoms with van der Waals surface area (Å²) in [5.41, 5.74) is 1.07. The van der Waals surface area contributed by atoms with Gasteiger partial charge in [-0.1, -0.05) is 12.1 Å². The van der Waals surface area contributed by atoms with E-state index in [1.807, 2.05) is 0 Å². The van der Waals surface area contributed by atoms with E-state index in [-0.39, 0.29) is 17.2 Å². The topological polar surface area (TPSA) is 84.7 Å². The lowest BCUT2D eigenvalue weighted by Crippen LogP contribution is -2.20. The van der Waals surface area contributed by atoms with Crippen molar-refractivity contribution in [2.24, 2.45) is 0 Å². The summed E-state index contributed by atoms with van der Waals surface area (Å²) in [6.07, 6.45) is 0.341. The van der Waals surface area contributed by atoms with Crippen molar-refractivity contribution in [2.75, 3.05) is 17.5 Å². The highest BCUT2D eigenvalue weighted by Gasteiger charge is 2.20. The summed E-state index contributed by atoms with van der Waals surface area (Å²) in [6, 6.07) is 10.2. The number of nitro groups is 1. The Kier molecular flexibility index (Phi) is 5.21. The highest BCUT2D eigenvalue weighted by molar-refractivity contribution is 5.80. The minimum absolute atomic E-state index is 0.0276. The van der Waals surface area contributed by atoms with Gasteiger partial charge < -0.3 is 5.32 Å². The fraction of sp³-hybridized carbons (Fsp3) is 0.133. The zero-order chi connectivity index (χ0) is 16.8. The lowest BCUT2D eigenvalue weighted by atomic mass is 10.2. The molecule has 2 aromatic carbocycles.